The summed E-state index contributed by atoms with van der Waals surface area (Å²) in [5.74, 6) is -0.471. The van der Waals surface area contributed by atoms with Gasteiger partial charge in [0.15, 0.2) is 0 Å². The molecule has 0 radical (unpaired) electrons. The molecule has 3 amide bonds. The first-order valence-corrected chi connectivity index (χ1v) is 7.83. The van der Waals surface area contributed by atoms with Crippen molar-refractivity contribution in [2.75, 3.05) is 31.1 Å². The molecule has 2 rings (SSSR count). The molecule has 8 heteroatoms. The van der Waals surface area contributed by atoms with Crippen molar-refractivity contribution in [3.8, 4) is 0 Å². The molecular formula is C16H20F3N3O2. The van der Waals surface area contributed by atoms with Crippen molar-refractivity contribution < 1.29 is 22.8 Å². The third-order valence-electron chi connectivity index (χ3n) is 3.82. The number of anilines is 1. The predicted molar refractivity (Wildman–Crippen MR) is 84.1 cm³/mol. The van der Waals surface area contributed by atoms with Gasteiger partial charge < -0.3 is 10.2 Å². The molecule has 1 fully saturated rings. The average molecular weight is 343 g/mol. The SMILES string of the molecule is CCN(CCC(F)(F)F)C(=O)c1cccc(N2CCCNC2=O)c1. The molecule has 0 aliphatic carbocycles. The molecule has 0 unspecified atom stereocenters. The molecule has 1 saturated heterocycles. The van der Waals surface area contributed by atoms with Gasteiger partial charge in [0.05, 0.1) is 6.42 Å². The first-order chi connectivity index (χ1) is 11.3. The van der Waals surface area contributed by atoms with E-state index in [-0.39, 0.29) is 24.7 Å². The van der Waals surface area contributed by atoms with Crippen molar-refractivity contribution in [2.24, 2.45) is 0 Å². The third-order valence-corrected chi connectivity index (χ3v) is 3.82. The zero-order valence-corrected chi connectivity index (χ0v) is 13.4. The maximum Gasteiger partial charge on any atom is 0.390 e. The van der Waals surface area contributed by atoms with Crippen LogP contribution in [-0.4, -0.2) is 49.2 Å². The molecule has 5 nitrogen and oxygen atoms in total. The number of amides is 3. The summed E-state index contributed by atoms with van der Waals surface area (Å²) in [6.45, 7) is 2.58. The standard InChI is InChI=1S/C16H20F3N3O2/c1-2-21(10-7-16(17,18)19)14(23)12-5-3-6-13(11-12)22-9-4-8-20-15(22)24/h3,5-6,11H,2,4,7-10H2,1H3,(H,20,24). The van der Waals surface area contributed by atoms with Gasteiger partial charge in [-0.25, -0.2) is 4.79 Å². The Morgan fingerprint density at radius 1 is 1.38 bits per heavy atom. The normalized spacial score (nSPS) is 15.2. The summed E-state index contributed by atoms with van der Waals surface area (Å²) in [6.07, 6.45) is -4.56. The maximum atomic E-state index is 12.4. The molecule has 1 aliphatic heterocycles. The first-order valence-electron chi connectivity index (χ1n) is 7.83. The number of benzene rings is 1. The highest BCUT2D eigenvalue weighted by atomic mass is 19.4. The number of nitrogens with zero attached hydrogens (tertiary/aromatic N) is 2. The molecule has 0 spiro atoms. The molecule has 132 valence electrons. The number of carbonyl (C=O) groups is 2. The van der Waals surface area contributed by atoms with E-state index in [2.05, 4.69) is 5.32 Å². The van der Waals surface area contributed by atoms with Crippen LogP contribution in [0.3, 0.4) is 0 Å². The van der Waals surface area contributed by atoms with Crippen LogP contribution in [0.5, 0.6) is 0 Å². The van der Waals surface area contributed by atoms with Crippen LogP contribution in [-0.2, 0) is 0 Å². The molecule has 0 bridgehead atoms. The van der Waals surface area contributed by atoms with Gasteiger partial charge in [0.2, 0.25) is 0 Å². The quantitative estimate of drug-likeness (QED) is 0.893. The van der Waals surface area contributed by atoms with E-state index < -0.39 is 18.5 Å². The van der Waals surface area contributed by atoms with Gasteiger partial charge in [-0.05, 0) is 31.5 Å². The van der Waals surface area contributed by atoms with Crippen molar-refractivity contribution in [3.63, 3.8) is 0 Å². The Morgan fingerprint density at radius 2 is 2.12 bits per heavy atom. The summed E-state index contributed by atoms with van der Waals surface area (Å²) in [6, 6.07) is 6.18. The predicted octanol–water partition coefficient (Wildman–Crippen LogP) is 3.02. The van der Waals surface area contributed by atoms with Crippen LogP contribution in [0.2, 0.25) is 0 Å². The molecule has 0 saturated carbocycles. The van der Waals surface area contributed by atoms with Gasteiger partial charge in [0, 0.05) is 37.4 Å². The second kappa shape index (κ2) is 7.55. The number of nitrogens with one attached hydrogen (secondary N) is 1. The highest BCUT2D eigenvalue weighted by Gasteiger charge is 2.29. The number of hydrogen-bond donors (Lipinski definition) is 1. The van der Waals surface area contributed by atoms with Gasteiger partial charge in [0.1, 0.15) is 0 Å². The second-order valence-corrected chi connectivity index (χ2v) is 5.54. The topological polar surface area (TPSA) is 52.7 Å². The minimum absolute atomic E-state index is 0.184. The van der Waals surface area contributed by atoms with E-state index in [0.717, 1.165) is 11.3 Å². The van der Waals surface area contributed by atoms with Crippen LogP contribution in [0.25, 0.3) is 0 Å². The highest BCUT2D eigenvalue weighted by molar-refractivity contribution is 5.98. The Balaban J connectivity index is 2.14. The molecule has 1 aromatic rings. The van der Waals surface area contributed by atoms with Gasteiger partial charge in [-0.15, -0.1) is 0 Å². The van der Waals surface area contributed by atoms with Crippen LogP contribution < -0.4 is 10.2 Å². The molecule has 1 N–H and O–H groups in total. The lowest BCUT2D eigenvalue weighted by Gasteiger charge is -2.28. The van der Waals surface area contributed by atoms with Gasteiger partial charge in [0.25, 0.3) is 5.91 Å². The van der Waals surface area contributed by atoms with Crippen molar-refractivity contribution in [3.05, 3.63) is 29.8 Å². The fraction of sp³-hybridized carbons (Fsp3) is 0.500. The zero-order valence-electron chi connectivity index (χ0n) is 13.4. The molecule has 1 aromatic carbocycles. The van der Waals surface area contributed by atoms with E-state index in [1.54, 1.807) is 31.2 Å². The third kappa shape index (κ3) is 4.62. The lowest BCUT2D eigenvalue weighted by molar-refractivity contribution is -0.136. The summed E-state index contributed by atoms with van der Waals surface area (Å²) in [7, 11) is 0. The number of hydrogen-bond acceptors (Lipinski definition) is 2. The van der Waals surface area contributed by atoms with Crippen molar-refractivity contribution >= 4 is 17.6 Å². The number of halogens is 3. The van der Waals surface area contributed by atoms with Crippen molar-refractivity contribution in [1.82, 2.24) is 10.2 Å². The summed E-state index contributed by atoms with van der Waals surface area (Å²) in [5.41, 5.74) is 0.833. The first kappa shape index (κ1) is 18.1. The van der Waals surface area contributed by atoms with E-state index in [1.165, 1.54) is 4.90 Å². The minimum Gasteiger partial charge on any atom is -0.339 e. The summed E-state index contributed by atoms with van der Waals surface area (Å²) >= 11 is 0. The summed E-state index contributed by atoms with van der Waals surface area (Å²) < 4.78 is 37.1. The lowest BCUT2D eigenvalue weighted by Crippen LogP contribution is -2.46. The Bertz CT molecular complexity index is 604. The van der Waals surface area contributed by atoms with Crippen LogP contribution in [0.15, 0.2) is 24.3 Å². The fourth-order valence-corrected chi connectivity index (χ4v) is 2.53. The second-order valence-electron chi connectivity index (χ2n) is 5.54. The lowest BCUT2D eigenvalue weighted by atomic mass is 10.1. The Labute approximate surface area is 138 Å². The summed E-state index contributed by atoms with van der Waals surface area (Å²) in [4.78, 5) is 27.0. The van der Waals surface area contributed by atoms with Gasteiger partial charge in [-0.2, -0.15) is 13.2 Å². The van der Waals surface area contributed by atoms with Gasteiger partial charge >= 0.3 is 12.2 Å². The highest BCUT2D eigenvalue weighted by Crippen LogP contribution is 2.22. The molecule has 1 heterocycles. The van der Waals surface area contributed by atoms with Gasteiger partial charge in [-0.3, -0.25) is 9.69 Å². The number of alkyl halides is 3. The summed E-state index contributed by atoms with van der Waals surface area (Å²) in [5, 5.41) is 2.72. The molecule has 24 heavy (non-hydrogen) atoms. The van der Waals surface area contributed by atoms with E-state index in [1.807, 2.05) is 0 Å². The zero-order chi connectivity index (χ0) is 17.7. The van der Waals surface area contributed by atoms with Crippen LogP contribution in [0.1, 0.15) is 30.1 Å². The van der Waals surface area contributed by atoms with E-state index in [4.69, 9.17) is 0 Å². The Morgan fingerprint density at radius 3 is 2.75 bits per heavy atom. The average Bonchev–Trinajstić information content (AvgIpc) is 2.55. The van der Waals surface area contributed by atoms with Crippen LogP contribution in [0.4, 0.5) is 23.7 Å². The maximum absolute atomic E-state index is 12.4. The Kier molecular flexibility index (Phi) is 5.69. The molecular weight excluding hydrogens is 323 g/mol. The molecule has 0 aromatic heterocycles. The van der Waals surface area contributed by atoms with Crippen LogP contribution in [0, 0.1) is 0 Å². The largest absolute Gasteiger partial charge is 0.390 e. The smallest absolute Gasteiger partial charge is 0.339 e. The number of carbonyl (C=O) groups excluding carboxylic acids is 2. The molecule has 1 aliphatic rings. The van der Waals surface area contributed by atoms with Gasteiger partial charge in [-0.1, -0.05) is 6.07 Å². The number of rotatable bonds is 5. The van der Waals surface area contributed by atoms with E-state index in [0.29, 0.717) is 18.8 Å². The monoisotopic (exact) mass is 343 g/mol. The van der Waals surface area contributed by atoms with Crippen LogP contribution >= 0.6 is 0 Å². The Hall–Kier alpha value is -2.25. The number of urea groups is 1. The van der Waals surface area contributed by atoms with E-state index >= 15 is 0 Å². The van der Waals surface area contributed by atoms with Crippen molar-refractivity contribution in [2.45, 2.75) is 25.9 Å². The van der Waals surface area contributed by atoms with E-state index in [9.17, 15) is 22.8 Å². The molecule has 0 atom stereocenters. The fourth-order valence-electron chi connectivity index (χ4n) is 2.53. The minimum atomic E-state index is -4.30. The van der Waals surface area contributed by atoms with Crippen molar-refractivity contribution in [1.29, 1.82) is 0 Å².